The van der Waals surface area contributed by atoms with Gasteiger partial charge in [0.25, 0.3) is 0 Å². The Balaban J connectivity index is 1.69. The van der Waals surface area contributed by atoms with Gasteiger partial charge in [-0.2, -0.15) is 0 Å². The van der Waals surface area contributed by atoms with Crippen LogP contribution < -0.4 is 10.5 Å². The number of ether oxygens (including phenoxy) is 1. The number of aryl methyl sites for hydroxylation is 1. The van der Waals surface area contributed by atoms with E-state index in [2.05, 4.69) is 18.2 Å². The van der Waals surface area contributed by atoms with Crippen molar-refractivity contribution in [3.63, 3.8) is 0 Å². The molecule has 1 atom stereocenters. The normalized spacial score (nSPS) is 24.6. The first kappa shape index (κ1) is 12.0. The van der Waals surface area contributed by atoms with Crippen LogP contribution >= 0.6 is 0 Å². The molecule has 1 fully saturated rings. The van der Waals surface area contributed by atoms with Crippen molar-refractivity contribution >= 4 is 0 Å². The lowest BCUT2D eigenvalue weighted by molar-refractivity contribution is 0.183. The van der Waals surface area contributed by atoms with E-state index in [0.717, 1.165) is 18.6 Å². The Bertz CT molecular complexity index is 408. The monoisotopic (exact) mass is 245 g/mol. The Morgan fingerprint density at radius 2 is 1.78 bits per heavy atom. The van der Waals surface area contributed by atoms with Crippen LogP contribution in [0.3, 0.4) is 0 Å². The zero-order chi connectivity index (χ0) is 12.4. The second-order valence-corrected chi connectivity index (χ2v) is 5.74. The van der Waals surface area contributed by atoms with Crippen LogP contribution in [0.1, 0.15) is 62.1 Å². The summed E-state index contributed by atoms with van der Waals surface area (Å²) in [5.74, 6) is 1.05. The Hall–Kier alpha value is -1.02. The van der Waals surface area contributed by atoms with Crippen LogP contribution in [0.5, 0.6) is 5.75 Å². The molecule has 0 radical (unpaired) electrons. The topological polar surface area (TPSA) is 35.2 Å². The summed E-state index contributed by atoms with van der Waals surface area (Å²) >= 11 is 0. The molecule has 1 aromatic carbocycles. The Labute approximate surface area is 110 Å². The number of hydrogen-bond donors (Lipinski definition) is 1. The second kappa shape index (κ2) is 5.31. The van der Waals surface area contributed by atoms with E-state index >= 15 is 0 Å². The fourth-order valence-corrected chi connectivity index (χ4v) is 3.25. The molecule has 0 spiro atoms. The van der Waals surface area contributed by atoms with Crippen molar-refractivity contribution < 1.29 is 4.74 Å². The average Bonchev–Trinajstić information content (AvgIpc) is 2.60. The number of nitrogens with two attached hydrogens (primary N) is 1. The molecule has 1 aromatic rings. The van der Waals surface area contributed by atoms with Gasteiger partial charge >= 0.3 is 0 Å². The van der Waals surface area contributed by atoms with Gasteiger partial charge in [0.1, 0.15) is 5.75 Å². The molecule has 18 heavy (non-hydrogen) atoms. The molecule has 0 aliphatic heterocycles. The summed E-state index contributed by atoms with van der Waals surface area (Å²) < 4.78 is 6.15. The SMILES string of the molecule is NC1CCc2cc(OC3CCCCCC3)ccc21. The minimum atomic E-state index is 0.243. The highest BCUT2D eigenvalue weighted by Crippen LogP contribution is 2.33. The molecule has 2 heteroatoms. The number of rotatable bonds is 2. The third kappa shape index (κ3) is 2.54. The fourth-order valence-electron chi connectivity index (χ4n) is 3.25. The van der Waals surface area contributed by atoms with Crippen molar-refractivity contribution in [2.45, 2.75) is 63.5 Å². The summed E-state index contributed by atoms with van der Waals surface area (Å²) in [5.41, 5.74) is 8.78. The van der Waals surface area contributed by atoms with Crippen molar-refractivity contribution in [2.75, 3.05) is 0 Å². The van der Waals surface area contributed by atoms with Crippen LogP contribution in [-0.2, 0) is 6.42 Å². The molecule has 1 unspecified atom stereocenters. The van der Waals surface area contributed by atoms with Crippen LogP contribution in [0.25, 0.3) is 0 Å². The Morgan fingerprint density at radius 3 is 2.56 bits per heavy atom. The molecular weight excluding hydrogens is 222 g/mol. The lowest BCUT2D eigenvalue weighted by Crippen LogP contribution is -2.15. The highest BCUT2D eigenvalue weighted by atomic mass is 16.5. The lowest BCUT2D eigenvalue weighted by atomic mass is 10.1. The molecule has 2 nitrogen and oxygen atoms in total. The van der Waals surface area contributed by atoms with Crippen LogP contribution in [0.4, 0.5) is 0 Å². The van der Waals surface area contributed by atoms with Crippen LogP contribution in [0, 0.1) is 0 Å². The van der Waals surface area contributed by atoms with Crippen molar-refractivity contribution in [1.82, 2.24) is 0 Å². The Kier molecular flexibility index (Phi) is 3.55. The first-order valence-corrected chi connectivity index (χ1v) is 7.38. The average molecular weight is 245 g/mol. The van der Waals surface area contributed by atoms with Gasteiger partial charge in [0.2, 0.25) is 0 Å². The highest BCUT2D eigenvalue weighted by Gasteiger charge is 2.20. The van der Waals surface area contributed by atoms with Gasteiger partial charge in [-0.3, -0.25) is 0 Å². The van der Waals surface area contributed by atoms with Gasteiger partial charge < -0.3 is 10.5 Å². The van der Waals surface area contributed by atoms with Crippen LogP contribution in [0.15, 0.2) is 18.2 Å². The smallest absolute Gasteiger partial charge is 0.120 e. The molecule has 3 rings (SSSR count). The first-order valence-electron chi connectivity index (χ1n) is 7.38. The lowest BCUT2D eigenvalue weighted by Gasteiger charge is -2.17. The van der Waals surface area contributed by atoms with E-state index in [9.17, 15) is 0 Å². The van der Waals surface area contributed by atoms with Crippen molar-refractivity contribution in [1.29, 1.82) is 0 Å². The highest BCUT2D eigenvalue weighted by molar-refractivity contribution is 5.40. The molecule has 0 aromatic heterocycles. The standard InChI is InChI=1S/C16H23NO/c17-16-10-7-12-11-14(8-9-15(12)16)18-13-5-3-1-2-4-6-13/h8-9,11,13,16H,1-7,10,17H2. The molecule has 0 saturated heterocycles. The molecule has 2 N–H and O–H groups in total. The molecule has 0 amide bonds. The van der Waals surface area contributed by atoms with Crippen molar-refractivity contribution in [3.8, 4) is 5.75 Å². The predicted octanol–water partition coefficient (Wildman–Crippen LogP) is 3.73. The maximum atomic E-state index is 6.15. The quantitative estimate of drug-likeness (QED) is 0.806. The molecular formula is C16H23NO. The predicted molar refractivity (Wildman–Crippen MR) is 73.8 cm³/mol. The molecule has 0 heterocycles. The molecule has 0 bridgehead atoms. The first-order chi connectivity index (χ1) is 8.83. The zero-order valence-corrected chi connectivity index (χ0v) is 11.0. The summed E-state index contributed by atoms with van der Waals surface area (Å²) in [6.07, 6.45) is 10.5. The summed E-state index contributed by atoms with van der Waals surface area (Å²) in [7, 11) is 0. The van der Waals surface area contributed by atoms with E-state index in [1.54, 1.807) is 0 Å². The van der Waals surface area contributed by atoms with Crippen molar-refractivity contribution in [2.24, 2.45) is 5.73 Å². The van der Waals surface area contributed by atoms with Gasteiger partial charge in [-0.25, -0.2) is 0 Å². The van der Waals surface area contributed by atoms with E-state index in [1.807, 2.05) is 0 Å². The zero-order valence-electron chi connectivity index (χ0n) is 11.0. The number of benzene rings is 1. The third-order valence-electron chi connectivity index (χ3n) is 4.34. The summed E-state index contributed by atoms with van der Waals surface area (Å²) in [6, 6.07) is 6.73. The van der Waals surface area contributed by atoms with E-state index < -0.39 is 0 Å². The second-order valence-electron chi connectivity index (χ2n) is 5.74. The summed E-state index contributed by atoms with van der Waals surface area (Å²) in [5, 5.41) is 0. The molecule has 1 saturated carbocycles. The number of fused-ring (bicyclic) bond motifs is 1. The minimum absolute atomic E-state index is 0.243. The van der Waals surface area contributed by atoms with Gasteiger partial charge in [-0.1, -0.05) is 18.9 Å². The maximum absolute atomic E-state index is 6.15. The third-order valence-corrected chi connectivity index (χ3v) is 4.34. The van der Waals surface area contributed by atoms with E-state index in [1.165, 1.54) is 49.7 Å². The van der Waals surface area contributed by atoms with E-state index in [-0.39, 0.29) is 6.04 Å². The fraction of sp³-hybridized carbons (Fsp3) is 0.625. The summed E-state index contributed by atoms with van der Waals surface area (Å²) in [4.78, 5) is 0. The van der Waals surface area contributed by atoms with Gasteiger partial charge in [-0.05, 0) is 61.8 Å². The minimum Gasteiger partial charge on any atom is -0.490 e. The van der Waals surface area contributed by atoms with E-state index in [4.69, 9.17) is 10.5 Å². The molecule has 2 aliphatic carbocycles. The van der Waals surface area contributed by atoms with Gasteiger partial charge in [0.15, 0.2) is 0 Å². The van der Waals surface area contributed by atoms with Crippen LogP contribution in [-0.4, -0.2) is 6.10 Å². The van der Waals surface area contributed by atoms with Gasteiger partial charge in [-0.15, -0.1) is 0 Å². The largest absolute Gasteiger partial charge is 0.490 e. The van der Waals surface area contributed by atoms with Crippen LogP contribution in [0.2, 0.25) is 0 Å². The molecule has 98 valence electrons. The maximum Gasteiger partial charge on any atom is 0.120 e. The van der Waals surface area contributed by atoms with Gasteiger partial charge in [0.05, 0.1) is 6.10 Å². The Morgan fingerprint density at radius 1 is 1.00 bits per heavy atom. The van der Waals surface area contributed by atoms with Crippen molar-refractivity contribution in [3.05, 3.63) is 29.3 Å². The van der Waals surface area contributed by atoms with E-state index in [0.29, 0.717) is 6.10 Å². The summed E-state index contributed by atoms with van der Waals surface area (Å²) in [6.45, 7) is 0. The number of hydrogen-bond acceptors (Lipinski definition) is 2. The van der Waals surface area contributed by atoms with Gasteiger partial charge in [0, 0.05) is 6.04 Å². The molecule has 2 aliphatic rings.